The highest BCUT2D eigenvalue weighted by atomic mass is 16.5. The van der Waals surface area contributed by atoms with Crippen LogP contribution in [0.1, 0.15) is 31.2 Å². The predicted molar refractivity (Wildman–Crippen MR) is 101 cm³/mol. The summed E-state index contributed by atoms with van der Waals surface area (Å²) in [5.74, 6) is -0.447. The van der Waals surface area contributed by atoms with Gasteiger partial charge in [-0.25, -0.2) is 4.98 Å². The van der Waals surface area contributed by atoms with Gasteiger partial charge in [-0.1, -0.05) is 43.2 Å². The summed E-state index contributed by atoms with van der Waals surface area (Å²) in [6, 6.07) is 13.5. The van der Waals surface area contributed by atoms with Gasteiger partial charge in [-0.3, -0.25) is 9.59 Å². The molecule has 0 unspecified atom stereocenters. The van der Waals surface area contributed by atoms with E-state index in [1.807, 2.05) is 18.2 Å². The number of anilines is 1. The van der Waals surface area contributed by atoms with Gasteiger partial charge >= 0.3 is 11.8 Å². The first-order valence-electron chi connectivity index (χ1n) is 9.34. The van der Waals surface area contributed by atoms with Gasteiger partial charge in [0.1, 0.15) is 5.69 Å². The van der Waals surface area contributed by atoms with E-state index in [2.05, 4.69) is 22.4 Å². The Morgan fingerprint density at radius 1 is 1.19 bits per heavy atom. The standard InChI is InChI=1S/C21H23N3O3/c1-27-19-17(11-7-13-22-19)23-18(25)20(26)24-14-16-10-5-6-12-21(16,24)15-8-3-2-4-9-15/h2-4,7-9,11,13,16H,5-6,10,12,14H2,1H3,(H,23,25)/t16-,21+/m0/s1. The monoisotopic (exact) mass is 365 g/mol. The van der Waals surface area contributed by atoms with E-state index in [4.69, 9.17) is 4.74 Å². The molecule has 1 saturated heterocycles. The summed E-state index contributed by atoms with van der Waals surface area (Å²) in [4.78, 5) is 31.5. The number of methoxy groups -OCH3 is 1. The second-order valence-electron chi connectivity index (χ2n) is 7.16. The van der Waals surface area contributed by atoms with E-state index >= 15 is 0 Å². The maximum atomic E-state index is 13.0. The van der Waals surface area contributed by atoms with Crippen LogP contribution in [0.2, 0.25) is 0 Å². The number of ether oxygens (including phenoxy) is 1. The van der Waals surface area contributed by atoms with Crippen molar-refractivity contribution in [2.45, 2.75) is 31.2 Å². The normalized spacial score (nSPS) is 23.7. The average molecular weight is 365 g/mol. The van der Waals surface area contributed by atoms with Gasteiger partial charge in [0.15, 0.2) is 0 Å². The minimum absolute atomic E-state index is 0.288. The Labute approximate surface area is 158 Å². The molecule has 1 aromatic heterocycles. The zero-order chi connectivity index (χ0) is 18.9. The maximum Gasteiger partial charge on any atom is 0.314 e. The summed E-state index contributed by atoms with van der Waals surface area (Å²) in [6.45, 7) is 0.630. The van der Waals surface area contributed by atoms with Crippen molar-refractivity contribution >= 4 is 17.5 Å². The van der Waals surface area contributed by atoms with E-state index < -0.39 is 11.8 Å². The Balaban J connectivity index is 1.58. The van der Waals surface area contributed by atoms with Crippen LogP contribution in [-0.4, -0.2) is 35.4 Å². The highest BCUT2D eigenvalue weighted by Crippen LogP contribution is 2.53. The minimum Gasteiger partial charge on any atom is -0.480 e. The number of fused-ring (bicyclic) bond motifs is 1. The molecule has 1 aliphatic heterocycles. The Hall–Kier alpha value is -2.89. The van der Waals surface area contributed by atoms with Gasteiger partial charge in [0, 0.05) is 18.7 Å². The molecule has 2 aromatic rings. The number of amides is 2. The van der Waals surface area contributed by atoms with E-state index in [1.54, 1.807) is 23.2 Å². The number of nitrogens with one attached hydrogen (secondary N) is 1. The Morgan fingerprint density at radius 3 is 2.74 bits per heavy atom. The van der Waals surface area contributed by atoms with Gasteiger partial charge in [-0.15, -0.1) is 0 Å². The number of aromatic nitrogens is 1. The van der Waals surface area contributed by atoms with Crippen LogP contribution in [-0.2, 0) is 15.1 Å². The van der Waals surface area contributed by atoms with Crippen molar-refractivity contribution in [2.24, 2.45) is 5.92 Å². The highest BCUT2D eigenvalue weighted by molar-refractivity contribution is 6.40. The predicted octanol–water partition coefficient (Wildman–Crippen LogP) is 2.96. The first-order valence-corrected chi connectivity index (χ1v) is 9.34. The molecule has 2 fully saturated rings. The lowest BCUT2D eigenvalue weighted by Gasteiger charge is -2.61. The van der Waals surface area contributed by atoms with Crippen molar-refractivity contribution in [2.75, 3.05) is 19.0 Å². The van der Waals surface area contributed by atoms with E-state index in [1.165, 1.54) is 13.5 Å². The molecule has 1 saturated carbocycles. The number of rotatable bonds is 3. The Morgan fingerprint density at radius 2 is 2.00 bits per heavy atom. The van der Waals surface area contributed by atoms with Crippen LogP contribution < -0.4 is 10.1 Å². The summed E-state index contributed by atoms with van der Waals surface area (Å²) in [5, 5.41) is 2.66. The van der Waals surface area contributed by atoms with Crippen molar-refractivity contribution < 1.29 is 14.3 Å². The molecule has 6 heteroatoms. The van der Waals surface area contributed by atoms with Crippen LogP contribution in [0.4, 0.5) is 5.69 Å². The molecule has 1 aromatic carbocycles. The van der Waals surface area contributed by atoms with Gasteiger partial charge in [-0.05, 0) is 30.5 Å². The van der Waals surface area contributed by atoms with Crippen LogP contribution in [0, 0.1) is 5.92 Å². The number of hydrogen-bond acceptors (Lipinski definition) is 4. The van der Waals surface area contributed by atoms with Crippen molar-refractivity contribution in [3.05, 3.63) is 54.2 Å². The van der Waals surface area contributed by atoms with Crippen molar-refractivity contribution in [3.8, 4) is 5.88 Å². The molecule has 1 aliphatic carbocycles. The molecule has 2 amide bonds. The molecule has 2 atom stereocenters. The molecule has 27 heavy (non-hydrogen) atoms. The summed E-state index contributed by atoms with van der Waals surface area (Å²) < 4.78 is 5.15. The molecule has 2 aliphatic rings. The minimum atomic E-state index is -0.652. The van der Waals surface area contributed by atoms with Crippen LogP contribution in [0.15, 0.2) is 48.7 Å². The number of hydrogen-bond donors (Lipinski definition) is 1. The fraction of sp³-hybridized carbons (Fsp3) is 0.381. The molecule has 4 rings (SSSR count). The quantitative estimate of drug-likeness (QED) is 0.849. The number of nitrogens with zero attached hydrogens (tertiary/aromatic N) is 2. The molecule has 0 radical (unpaired) electrons. The number of benzene rings is 1. The molecular weight excluding hydrogens is 342 g/mol. The topological polar surface area (TPSA) is 71.5 Å². The molecular formula is C21H23N3O3. The largest absolute Gasteiger partial charge is 0.480 e. The zero-order valence-corrected chi connectivity index (χ0v) is 15.4. The molecule has 0 spiro atoms. The van der Waals surface area contributed by atoms with Crippen LogP contribution >= 0.6 is 0 Å². The number of likely N-dealkylation sites (tertiary alicyclic amines) is 1. The van der Waals surface area contributed by atoms with Gasteiger partial charge in [0.2, 0.25) is 5.88 Å². The third-order valence-corrected chi connectivity index (χ3v) is 5.85. The van der Waals surface area contributed by atoms with Gasteiger partial charge in [-0.2, -0.15) is 0 Å². The third-order valence-electron chi connectivity index (χ3n) is 5.85. The van der Waals surface area contributed by atoms with E-state index in [0.29, 0.717) is 18.2 Å². The van der Waals surface area contributed by atoms with Gasteiger partial charge in [0.05, 0.1) is 12.6 Å². The summed E-state index contributed by atoms with van der Waals surface area (Å²) in [5.41, 5.74) is 1.17. The summed E-state index contributed by atoms with van der Waals surface area (Å²) >= 11 is 0. The fourth-order valence-electron chi connectivity index (χ4n) is 4.57. The second-order valence-corrected chi connectivity index (χ2v) is 7.16. The number of carbonyl (C=O) groups is 2. The van der Waals surface area contributed by atoms with E-state index in [9.17, 15) is 9.59 Å². The van der Waals surface area contributed by atoms with Gasteiger partial charge in [0.25, 0.3) is 0 Å². The number of pyridine rings is 1. The summed E-state index contributed by atoms with van der Waals surface area (Å²) in [6.07, 6.45) is 5.81. The van der Waals surface area contributed by atoms with Gasteiger partial charge < -0.3 is 15.0 Å². The van der Waals surface area contributed by atoms with E-state index in [0.717, 1.165) is 24.8 Å². The van der Waals surface area contributed by atoms with Crippen LogP contribution in [0.3, 0.4) is 0 Å². The van der Waals surface area contributed by atoms with Crippen LogP contribution in [0.5, 0.6) is 5.88 Å². The maximum absolute atomic E-state index is 13.0. The molecule has 6 nitrogen and oxygen atoms in total. The molecule has 2 heterocycles. The molecule has 140 valence electrons. The summed E-state index contributed by atoms with van der Waals surface area (Å²) in [7, 11) is 1.48. The molecule has 0 bridgehead atoms. The van der Waals surface area contributed by atoms with Crippen LogP contribution in [0.25, 0.3) is 0 Å². The van der Waals surface area contributed by atoms with Crippen molar-refractivity contribution in [1.29, 1.82) is 0 Å². The second kappa shape index (κ2) is 7.02. The fourth-order valence-corrected chi connectivity index (χ4v) is 4.57. The lowest BCUT2D eigenvalue weighted by Crippen LogP contribution is -2.69. The van der Waals surface area contributed by atoms with Crippen molar-refractivity contribution in [3.63, 3.8) is 0 Å². The lowest BCUT2D eigenvalue weighted by atomic mass is 9.61. The zero-order valence-electron chi connectivity index (χ0n) is 15.4. The third kappa shape index (κ3) is 2.85. The van der Waals surface area contributed by atoms with E-state index in [-0.39, 0.29) is 11.4 Å². The lowest BCUT2D eigenvalue weighted by molar-refractivity contribution is -0.170. The number of carbonyl (C=O) groups excluding carboxylic acids is 2. The van der Waals surface area contributed by atoms with Crippen molar-refractivity contribution in [1.82, 2.24) is 9.88 Å². The average Bonchev–Trinajstić information content (AvgIpc) is 2.70. The Bertz CT molecular complexity index is 855. The SMILES string of the molecule is COc1ncccc1NC(=O)C(=O)N1C[C@@H]2CCCC[C@@]21c1ccccc1. The smallest absolute Gasteiger partial charge is 0.314 e. The Kier molecular flexibility index (Phi) is 4.56. The first kappa shape index (κ1) is 17.5. The highest BCUT2D eigenvalue weighted by Gasteiger charge is 2.57. The first-order chi connectivity index (χ1) is 13.2. The molecule has 1 N–H and O–H groups in total.